The molecule has 0 heterocycles. The first kappa shape index (κ1) is 24.7. The average molecular weight is 457 g/mol. The number of carbonyl (C=O) groups excluding carboxylic acids is 4. The van der Waals surface area contributed by atoms with Crippen molar-refractivity contribution in [2.24, 2.45) is 16.7 Å². The Hall–Kier alpha value is -2.96. The third kappa shape index (κ3) is 5.52. The largest absolute Gasteiger partial charge is 0.512 e. The first-order chi connectivity index (χ1) is 15.3. The Bertz CT molecular complexity index is 978. The number of Topliss-reactive ketones (excluding diaryl/α,β-unsaturated/α-hetero) is 3. The normalized spacial score (nSPS) is 21.7. The van der Waals surface area contributed by atoms with Crippen LogP contribution < -0.4 is 4.74 Å². The smallest absolute Gasteiger partial charge is 0.343 e. The number of rotatable bonds is 6. The summed E-state index contributed by atoms with van der Waals surface area (Å²) in [6.45, 7) is 7.31. The highest BCUT2D eigenvalue weighted by Crippen LogP contribution is 2.47. The van der Waals surface area contributed by atoms with Crippen molar-refractivity contribution in [3.8, 4) is 5.75 Å². The van der Waals surface area contributed by atoms with Gasteiger partial charge in [-0.05, 0) is 28.5 Å². The Balaban J connectivity index is 2.03. The van der Waals surface area contributed by atoms with Gasteiger partial charge < -0.3 is 14.6 Å². The van der Waals surface area contributed by atoms with E-state index in [0.29, 0.717) is 17.7 Å². The maximum absolute atomic E-state index is 13.2. The molecule has 7 nitrogen and oxygen atoms in total. The van der Waals surface area contributed by atoms with Crippen LogP contribution in [0.1, 0.15) is 64.9 Å². The molecule has 0 spiro atoms. The number of aliphatic hydroxyl groups is 1. The van der Waals surface area contributed by atoms with Gasteiger partial charge in [-0.1, -0.05) is 39.8 Å². The summed E-state index contributed by atoms with van der Waals surface area (Å²) in [5.74, 6) is -2.75. The molecule has 0 aliphatic heterocycles. The molecule has 7 heteroatoms. The van der Waals surface area contributed by atoms with Gasteiger partial charge in [-0.2, -0.15) is 0 Å². The van der Waals surface area contributed by atoms with Gasteiger partial charge in [-0.15, -0.1) is 0 Å². The molecule has 1 unspecified atom stereocenters. The van der Waals surface area contributed by atoms with E-state index in [1.54, 1.807) is 24.3 Å². The quantitative estimate of drug-likeness (QED) is 0.507. The summed E-state index contributed by atoms with van der Waals surface area (Å²) < 4.78 is 9.95. The number of benzene rings is 1. The highest BCUT2D eigenvalue weighted by molar-refractivity contribution is 6.09. The molecule has 1 aromatic rings. The SMILES string of the molecule is COC(=O)COc1ccc(C(C2=C(O)CC(C)(C)CC2=O)C2C(=O)CC(C)(C)CC2=O)cc1. The summed E-state index contributed by atoms with van der Waals surface area (Å²) in [5, 5.41) is 10.9. The molecule has 0 aromatic heterocycles. The predicted octanol–water partition coefficient (Wildman–Crippen LogP) is 4.10. The van der Waals surface area contributed by atoms with Crippen LogP contribution in [0.3, 0.4) is 0 Å². The second-order valence-electron chi connectivity index (χ2n) is 10.6. The van der Waals surface area contributed by atoms with Crippen LogP contribution in [0.2, 0.25) is 0 Å². The molecule has 0 saturated heterocycles. The molecule has 1 saturated carbocycles. The molecule has 3 rings (SSSR count). The fourth-order valence-corrected chi connectivity index (χ4v) is 4.93. The molecule has 0 amide bonds. The molecule has 0 bridgehead atoms. The van der Waals surface area contributed by atoms with E-state index in [-0.39, 0.29) is 54.6 Å². The Morgan fingerprint density at radius 1 is 0.970 bits per heavy atom. The monoisotopic (exact) mass is 456 g/mol. The first-order valence-corrected chi connectivity index (χ1v) is 11.1. The highest BCUT2D eigenvalue weighted by Gasteiger charge is 2.48. The molecule has 1 aromatic carbocycles. The third-order valence-corrected chi connectivity index (χ3v) is 6.36. The summed E-state index contributed by atoms with van der Waals surface area (Å²) in [6.07, 6.45) is 0.983. The zero-order valence-corrected chi connectivity index (χ0v) is 19.9. The van der Waals surface area contributed by atoms with Gasteiger partial charge >= 0.3 is 5.97 Å². The molecule has 1 fully saturated rings. The maximum Gasteiger partial charge on any atom is 0.343 e. The lowest BCUT2D eigenvalue weighted by Crippen LogP contribution is -2.43. The topological polar surface area (TPSA) is 107 Å². The standard InChI is InChI=1S/C26H32O7/c1-25(2)10-17(27)23(18(28)11-25)22(24-19(29)12-26(3,4)13-20(24)30)15-6-8-16(9-7-15)33-14-21(31)32-5/h6-9,22-23,29H,10-14H2,1-5H3. The van der Waals surface area contributed by atoms with E-state index in [4.69, 9.17) is 4.74 Å². The summed E-state index contributed by atoms with van der Waals surface area (Å²) >= 11 is 0. The number of hydrogen-bond acceptors (Lipinski definition) is 7. The number of hydrogen-bond donors (Lipinski definition) is 1. The van der Waals surface area contributed by atoms with E-state index in [2.05, 4.69) is 4.74 Å². The van der Waals surface area contributed by atoms with Gasteiger partial charge in [0.05, 0.1) is 13.0 Å². The minimum atomic E-state index is -1.03. The molecule has 2 aliphatic carbocycles. The van der Waals surface area contributed by atoms with Crippen LogP contribution in [-0.4, -0.2) is 42.1 Å². The average Bonchev–Trinajstić information content (AvgIpc) is 2.68. The molecular formula is C26H32O7. The van der Waals surface area contributed by atoms with Crippen molar-refractivity contribution in [2.45, 2.75) is 59.3 Å². The van der Waals surface area contributed by atoms with E-state index >= 15 is 0 Å². The highest BCUT2D eigenvalue weighted by atomic mass is 16.6. The maximum atomic E-state index is 13.2. The van der Waals surface area contributed by atoms with Gasteiger partial charge in [0, 0.05) is 37.2 Å². The minimum absolute atomic E-state index is 0.0577. The second-order valence-corrected chi connectivity index (χ2v) is 10.6. The van der Waals surface area contributed by atoms with Crippen molar-refractivity contribution in [1.82, 2.24) is 0 Å². The van der Waals surface area contributed by atoms with Crippen molar-refractivity contribution in [3.05, 3.63) is 41.2 Å². The lowest BCUT2D eigenvalue weighted by atomic mass is 9.62. The number of esters is 1. The Labute approximate surface area is 194 Å². The summed E-state index contributed by atoms with van der Waals surface area (Å²) in [6, 6.07) is 6.57. The lowest BCUT2D eigenvalue weighted by Gasteiger charge is -2.39. The van der Waals surface area contributed by atoms with Crippen molar-refractivity contribution >= 4 is 23.3 Å². The van der Waals surface area contributed by atoms with E-state index in [0.717, 1.165) is 0 Å². The van der Waals surface area contributed by atoms with Gasteiger partial charge in [0.2, 0.25) is 0 Å². The lowest BCUT2D eigenvalue weighted by molar-refractivity contribution is -0.143. The van der Waals surface area contributed by atoms with E-state index < -0.39 is 28.6 Å². The molecule has 178 valence electrons. The van der Waals surface area contributed by atoms with Gasteiger partial charge in [0.25, 0.3) is 0 Å². The number of ketones is 3. The molecular weight excluding hydrogens is 424 g/mol. The molecule has 2 aliphatic rings. The Kier molecular flexibility index (Phi) is 6.82. The van der Waals surface area contributed by atoms with Crippen LogP contribution in [0.4, 0.5) is 0 Å². The van der Waals surface area contributed by atoms with Crippen LogP contribution in [0, 0.1) is 16.7 Å². The van der Waals surface area contributed by atoms with Gasteiger partial charge in [-0.3, -0.25) is 14.4 Å². The summed E-state index contributed by atoms with van der Waals surface area (Å²) in [5.41, 5.74) is -0.107. The van der Waals surface area contributed by atoms with Crippen LogP contribution in [0.5, 0.6) is 5.75 Å². The molecule has 1 atom stereocenters. The number of allylic oxidation sites excluding steroid dienone is 2. The van der Waals surface area contributed by atoms with Crippen LogP contribution in [0.15, 0.2) is 35.6 Å². The number of carbonyl (C=O) groups is 4. The predicted molar refractivity (Wildman–Crippen MR) is 121 cm³/mol. The van der Waals surface area contributed by atoms with E-state index in [1.165, 1.54) is 7.11 Å². The van der Waals surface area contributed by atoms with Gasteiger partial charge in [0.1, 0.15) is 23.1 Å². The van der Waals surface area contributed by atoms with Crippen molar-refractivity contribution in [2.75, 3.05) is 13.7 Å². The Morgan fingerprint density at radius 3 is 2.03 bits per heavy atom. The minimum Gasteiger partial charge on any atom is -0.512 e. The van der Waals surface area contributed by atoms with Crippen LogP contribution >= 0.6 is 0 Å². The molecule has 0 radical (unpaired) electrons. The van der Waals surface area contributed by atoms with Crippen molar-refractivity contribution < 1.29 is 33.8 Å². The van der Waals surface area contributed by atoms with Crippen LogP contribution in [-0.2, 0) is 23.9 Å². The van der Waals surface area contributed by atoms with Crippen molar-refractivity contribution in [3.63, 3.8) is 0 Å². The Morgan fingerprint density at radius 2 is 1.52 bits per heavy atom. The first-order valence-electron chi connectivity index (χ1n) is 11.1. The number of methoxy groups -OCH3 is 1. The number of ether oxygens (including phenoxy) is 2. The molecule has 1 N–H and O–H groups in total. The van der Waals surface area contributed by atoms with Crippen LogP contribution in [0.25, 0.3) is 0 Å². The van der Waals surface area contributed by atoms with Crippen molar-refractivity contribution in [1.29, 1.82) is 0 Å². The number of aliphatic hydroxyl groups excluding tert-OH is 1. The fourth-order valence-electron chi connectivity index (χ4n) is 4.93. The fraction of sp³-hybridized carbons (Fsp3) is 0.538. The van der Waals surface area contributed by atoms with Gasteiger partial charge in [0.15, 0.2) is 12.4 Å². The molecule has 33 heavy (non-hydrogen) atoms. The zero-order valence-electron chi connectivity index (χ0n) is 19.9. The second kappa shape index (κ2) is 9.12. The van der Waals surface area contributed by atoms with E-state index in [9.17, 15) is 24.3 Å². The summed E-state index contributed by atoms with van der Waals surface area (Å²) in [4.78, 5) is 50.9. The third-order valence-electron chi connectivity index (χ3n) is 6.36. The van der Waals surface area contributed by atoms with Gasteiger partial charge in [-0.25, -0.2) is 4.79 Å². The van der Waals surface area contributed by atoms with E-state index in [1.807, 2.05) is 27.7 Å². The summed E-state index contributed by atoms with van der Waals surface area (Å²) in [7, 11) is 1.27. The zero-order chi connectivity index (χ0) is 24.6.